The largest absolute Gasteiger partial charge is 0.443 e. The Morgan fingerprint density at radius 2 is 1.96 bits per heavy atom. The number of hydrogen-bond acceptors (Lipinski definition) is 4. The van der Waals surface area contributed by atoms with Gasteiger partial charge in [-0.3, -0.25) is 4.79 Å². The van der Waals surface area contributed by atoms with Gasteiger partial charge in [-0.05, 0) is 57.2 Å². The normalized spacial score (nSPS) is 11.7. The highest BCUT2D eigenvalue weighted by atomic mass is 19.1. The lowest BCUT2D eigenvalue weighted by Gasteiger charge is -2.21. The van der Waals surface area contributed by atoms with Gasteiger partial charge in [0, 0.05) is 17.3 Å². The summed E-state index contributed by atoms with van der Waals surface area (Å²) in [5.41, 5.74) is 5.72. The molecule has 0 aliphatic heterocycles. The van der Waals surface area contributed by atoms with Gasteiger partial charge in [0.05, 0.1) is 17.7 Å². The van der Waals surface area contributed by atoms with Crippen molar-refractivity contribution in [3.8, 4) is 0 Å². The van der Waals surface area contributed by atoms with Gasteiger partial charge in [0.15, 0.2) is 0 Å². The van der Waals surface area contributed by atoms with Crippen LogP contribution in [0.15, 0.2) is 47.4 Å². The van der Waals surface area contributed by atoms with Gasteiger partial charge in [0.1, 0.15) is 11.4 Å². The van der Waals surface area contributed by atoms with E-state index in [1.165, 1.54) is 33.4 Å². The molecule has 2 N–H and O–H groups in total. The first-order chi connectivity index (χ1) is 12.2. The number of nitrogens with two attached hydrogens (primary N) is 1. The Labute approximate surface area is 149 Å². The second-order valence-corrected chi connectivity index (χ2v) is 7.05. The summed E-state index contributed by atoms with van der Waals surface area (Å²) in [7, 11) is 0. The number of ether oxygens (including phenoxy) is 1. The molecule has 0 amide bonds. The van der Waals surface area contributed by atoms with E-state index in [2.05, 4.69) is 0 Å². The fourth-order valence-corrected chi connectivity index (χ4v) is 2.74. The molecule has 136 valence electrons. The number of fused-ring (bicyclic) bond motifs is 1. The van der Waals surface area contributed by atoms with Crippen LogP contribution in [0.4, 0.5) is 14.9 Å². The van der Waals surface area contributed by atoms with Crippen LogP contribution >= 0.6 is 0 Å². The van der Waals surface area contributed by atoms with E-state index in [0.29, 0.717) is 16.6 Å². The molecule has 2 aromatic heterocycles. The van der Waals surface area contributed by atoms with E-state index in [0.717, 1.165) is 0 Å². The molecule has 0 fully saturated rings. The van der Waals surface area contributed by atoms with E-state index < -0.39 is 17.5 Å². The van der Waals surface area contributed by atoms with Gasteiger partial charge < -0.3 is 15.0 Å². The third-order valence-corrected chi connectivity index (χ3v) is 3.80. The first kappa shape index (κ1) is 17.7. The highest BCUT2D eigenvalue weighted by molar-refractivity contribution is 5.91. The number of nitrogens with zero attached hydrogens (tertiary/aromatic N) is 2. The number of anilines is 1. The predicted octanol–water partition coefficient (Wildman–Crippen LogP) is 3.36. The van der Waals surface area contributed by atoms with Crippen molar-refractivity contribution in [2.45, 2.75) is 32.9 Å². The van der Waals surface area contributed by atoms with E-state index in [4.69, 9.17) is 10.5 Å². The average Bonchev–Trinajstić information content (AvgIpc) is 2.87. The van der Waals surface area contributed by atoms with E-state index in [-0.39, 0.29) is 17.8 Å². The SMILES string of the molecule is CC(C)(C)OC(=O)n1c(Cn2cccc(N)c2=O)cc2cc(F)ccc21. The smallest absolute Gasteiger partial charge is 0.419 e. The fraction of sp³-hybridized carbons (Fsp3) is 0.263. The lowest BCUT2D eigenvalue weighted by Crippen LogP contribution is -2.29. The van der Waals surface area contributed by atoms with Gasteiger partial charge in [0.25, 0.3) is 5.56 Å². The Bertz CT molecular complexity index is 1040. The van der Waals surface area contributed by atoms with Crippen LogP contribution in [0, 0.1) is 5.82 Å². The van der Waals surface area contributed by atoms with Crippen LogP contribution in [0.5, 0.6) is 0 Å². The molecule has 0 unspecified atom stereocenters. The minimum absolute atomic E-state index is 0.0966. The monoisotopic (exact) mass is 357 g/mol. The first-order valence-corrected chi connectivity index (χ1v) is 8.14. The topological polar surface area (TPSA) is 79.2 Å². The van der Waals surface area contributed by atoms with Gasteiger partial charge in [-0.1, -0.05) is 0 Å². The number of pyridine rings is 1. The summed E-state index contributed by atoms with van der Waals surface area (Å²) in [5, 5.41) is 0.544. The van der Waals surface area contributed by atoms with Crippen molar-refractivity contribution in [2.24, 2.45) is 0 Å². The first-order valence-electron chi connectivity index (χ1n) is 8.14. The number of carbonyl (C=O) groups is 1. The van der Waals surface area contributed by atoms with Crippen molar-refractivity contribution in [3.05, 3.63) is 64.5 Å². The van der Waals surface area contributed by atoms with Crippen LogP contribution in [0.1, 0.15) is 26.5 Å². The molecule has 0 aliphatic rings. The Hall–Kier alpha value is -3.09. The van der Waals surface area contributed by atoms with Crippen LogP contribution in [0.3, 0.4) is 0 Å². The van der Waals surface area contributed by atoms with E-state index in [1.54, 1.807) is 39.1 Å². The molecule has 0 aliphatic carbocycles. The standard InChI is InChI=1S/C19H20FN3O3/c1-19(2,3)26-18(25)23-14(10-12-9-13(20)6-7-16(12)23)11-22-8-4-5-15(21)17(22)24/h4-10H,11,21H2,1-3H3. The third kappa shape index (κ3) is 3.46. The molecule has 3 rings (SSSR count). The maximum Gasteiger partial charge on any atom is 0.419 e. The summed E-state index contributed by atoms with van der Waals surface area (Å²) in [6, 6.07) is 8.95. The van der Waals surface area contributed by atoms with Crippen molar-refractivity contribution in [1.82, 2.24) is 9.13 Å². The zero-order valence-corrected chi connectivity index (χ0v) is 14.8. The summed E-state index contributed by atoms with van der Waals surface area (Å²) >= 11 is 0. The maximum absolute atomic E-state index is 13.6. The van der Waals surface area contributed by atoms with Crippen molar-refractivity contribution >= 4 is 22.7 Å². The van der Waals surface area contributed by atoms with Crippen LogP contribution in [-0.4, -0.2) is 20.8 Å². The Morgan fingerprint density at radius 3 is 2.65 bits per heavy atom. The molecule has 2 heterocycles. The summed E-state index contributed by atoms with van der Waals surface area (Å²) < 4.78 is 21.8. The van der Waals surface area contributed by atoms with Gasteiger partial charge in [0.2, 0.25) is 0 Å². The maximum atomic E-state index is 13.6. The molecule has 0 saturated heterocycles. The number of benzene rings is 1. The summed E-state index contributed by atoms with van der Waals surface area (Å²) in [6.07, 6.45) is 0.988. The number of hydrogen-bond donors (Lipinski definition) is 1. The van der Waals surface area contributed by atoms with Gasteiger partial charge in [-0.2, -0.15) is 0 Å². The highest BCUT2D eigenvalue weighted by Crippen LogP contribution is 2.23. The molecule has 1 aromatic carbocycles. The number of carbonyl (C=O) groups excluding carboxylic acids is 1. The van der Waals surface area contributed by atoms with Crippen LogP contribution in [0.2, 0.25) is 0 Å². The number of aromatic nitrogens is 2. The fourth-order valence-electron chi connectivity index (χ4n) is 2.74. The van der Waals surface area contributed by atoms with E-state index in [1.807, 2.05) is 0 Å². The molecular formula is C19H20FN3O3. The summed E-state index contributed by atoms with van der Waals surface area (Å²) in [4.78, 5) is 24.9. The van der Waals surface area contributed by atoms with E-state index >= 15 is 0 Å². The highest BCUT2D eigenvalue weighted by Gasteiger charge is 2.22. The Morgan fingerprint density at radius 1 is 1.23 bits per heavy atom. The number of rotatable bonds is 2. The van der Waals surface area contributed by atoms with Crippen molar-refractivity contribution in [1.29, 1.82) is 0 Å². The van der Waals surface area contributed by atoms with Crippen LogP contribution < -0.4 is 11.3 Å². The molecule has 0 atom stereocenters. The van der Waals surface area contributed by atoms with Crippen LogP contribution in [0.25, 0.3) is 10.9 Å². The summed E-state index contributed by atoms with van der Waals surface area (Å²) in [5.74, 6) is -0.411. The quantitative estimate of drug-likeness (QED) is 0.763. The van der Waals surface area contributed by atoms with Crippen LogP contribution in [-0.2, 0) is 11.3 Å². The Balaban J connectivity index is 2.14. The van der Waals surface area contributed by atoms with Crippen molar-refractivity contribution in [3.63, 3.8) is 0 Å². The van der Waals surface area contributed by atoms with Gasteiger partial charge in [-0.15, -0.1) is 0 Å². The Kier molecular flexibility index (Phi) is 4.31. The lowest BCUT2D eigenvalue weighted by molar-refractivity contribution is 0.0540. The summed E-state index contributed by atoms with van der Waals surface area (Å²) in [6.45, 7) is 5.38. The lowest BCUT2D eigenvalue weighted by atomic mass is 10.2. The average molecular weight is 357 g/mol. The minimum Gasteiger partial charge on any atom is -0.443 e. The van der Waals surface area contributed by atoms with E-state index in [9.17, 15) is 14.0 Å². The number of nitrogen functional groups attached to an aromatic ring is 1. The van der Waals surface area contributed by atoms with Crippen molar-refractivity contribution < 1.29 is 13.9 Å². The second-order valence-electron chi connectivity index (χ2n) is 7.05. The number of halogens is 1. The van der Waals surface area contributed by atoms with Gasteiger partial charge >= 0.3 is 6.09 Å². The molecule has 6 nitrogen and oxygen atoms in total. The third-order valence-electron chi connectivity index (χ3n) is 3.80. The zero-order valence-electron chi connectivity index (χ0n) is 14.8. The molecule has 0 radical (unpaired) electrons. The minimum atomic E-state index is -0.695. The molecular weight excluding hydrogens is 337 g/mol. The zero-order chi connectivity index (χ0) is 19.1. The molecule has 0 spiro atoms. The van der Waals surface area contributed by atoms with Crippen molar-refractivity contribution in [2.75, 3.05) is 5.73 Å². The molecule has 0 bridgehead atoms. The van der Waals surface area contributed by atoms with Gasteiger partial charge in [-0.25, -0.2) is 13.8 Å². The molecule has 7 heteroatoms. The molecule has 3 aromatic rings. The predicted molar refractivity (Wildman–Crippen MR) is 97.7 cm³/mol. The molecule has 26 heavy (non-hydrogen) atoms. The second kappa shape index (κ2) is 6.33. The molecule has 0 saturated carbocycles.